The summed E-state index contributed by atoms with van der Waals surface area (Å²) in [5.74, 6) is -12.0. The zero-order valence-electron chi connectivity index (χ0n) is 32.4. The SMILES string of the molecule is CC(NC(=O)CC(NC(=O)CNC(=O)CNC(=O)C(C)NC(=O)C(N)Cc1c[nH]c2ccccc12)C(=O)O)C(=O)NC(CO)C(=O)NCC(=O)NC(CCC(=O)O)C(=O)O. The van der Waals surface area contributed by atoms with Crippen LogP contribution in [0.5, 0.6) is 0 Å². The van der Waals surface area contributed by atoms with E-state index in [-0.39, 0.29) is 6.42 Å². The summed E-state index contributed by atoms with van der Waals surface area (Å²) in [4.78, 5) is 136. The molecule has 0 saturated carbocycles. The van der Waals surface area contributed by atoms with Crippen LogP contribution < -0.4 is 48.3 Å². The number of carbonyl (C=O) groups excluding carboxylic acids is 8. The van der Waals surface area contributed by atoms with Gasteiger partial charge in [0.15, 0.2) is 0 Å². The lowest BCUT2D eigenvalue weighted by Crippen LogP contribution is -2.56. The Morgan fingerprint density at radius 1 is 0.633 bits per heavy atom. The van der Waals surface area contributed by atoms with Gasteiger partial charge in [0, 0.05) is 23.5 Å². The van der Waals surface area contributed by atoms with E-state index < -0.39 is 147 Å². The van der Waals surface area contributed by atoms with Gasteiger partial charge in [0.1, 0.15) is 30.2 Å². The third-order valence-corrected chi connectivity index (χ3v) is 8.39. The fourth-order valence-electron chi connectivity index (χ4n) is 5.13. The molecule has 0 aliphatic rings. The lowest BCUT2D eigenvalue weighted by Gasteiger charge is -2.21. The summed E-state index contributed by atoms with van der Waals surface area (Å²) in [6, 6.07) is -1.19. The van der Waals surface area contributed by atoms with Crippen molar-refractivity contribution >= 4 is 76.1 Å². The normalized spacial score (nSPS) is 13.7. The van der Waals surface area contributed by atoms with Gasteiger partial charge in [-0.15, -0.1) is 0 Å². The van der Waals surface area contributed by atoms with Crippen LogP contribution in [0.2, 0.25) is 0 Å². The minimum absolute atomic E-state index is 0.181. The molecule has 0 aliphatic carbocycles. The van der Waals surface area contributed by atoms with E-state index in [0.717, 1.165) is 23.4 Å². The Morgan fingerprint density at radius 3 is 1.82 bits per heavy atom. The molecule has 60 heavy (non-hydrogen) atoms. The highest BCUT2D eigenvalue weighted by atomic mass is 16.4. The molecule has 25 nitrogen and oxygen atoms in total. The molecule has 25 heteroatoms. The summed E-state index contributed by atoms with van der Waals surface area (Å²) in [6.07, 6.45) is 0.000425. The van der Waals surface area contributed by atoms with Crippen LogP contribution in [0.3, 0.4) is 0 Å². The number of carbonyl (C=O) groups is 11. The predicted octanol–water partition coefficient (Wildman–Crippen LogP) is -5.73. The van der Waals surface area contributed by atoms with Crippen molar-refractivity contribution in [3.05, 3.63) is 36.0 Å². The number of carboxylic acid groups (broad SMARTS) is 3. The molecule has 328 valence electrons. The molecule has 1 heterocycles. The first-order valence-corrected chi connectivity index (χ1v) is 18.1. The first kappa shape index (κ1) is 49.0. The van der Waals surface area contributed by atoms with Crippen molar-refractivity contribution in [1.82, 2.24) is 47.5 Å². The molecule has 0 spiro atoms. The number of hydrogen-bond donors (Lipinski definition) is 14. The highest BCUT2D eigenvalue weighted by molar-refractivity contribution is 5.96. The van der Waals surface area contributed by atoms with E-state index in [1.165, 1.54) is 6.92 Å². The summed E-state index contributed by atoms with van der Waals surface area (Å²) in [7, 11) is 0. The van der Waals surface area contributed by atoms with Crippen molar-refractivity contribution in [1.29, 1.82) is 0 Å². The summed E-state index contributed by atoms with van der Waals surface area (Å²) >= 11 is 0. The first-order valence-electron chi connectivity index (χ1n) is 18.1. The highest BCUT2D eigenvalue weighted by Crippen LogP contribution is 2.18. The number of carboxylic acids is 3. The molecule has 6 atom stereocenters. The second-order valence-electron chi connectivity index (χ2n) is 13.2. The van der Waals surface area contributed by atoms with Crippen molar-refractivity contribution in [3.63, 3.8) is 0 Å². The number of aromatic nitrogens is 1. The fraction of sp³-hybridized carbons (Fsp3) is 0.457. The van der Waals surface area contributed by atoms with Crippen LogP contribution in [0.4, 0.5) is 0 Å². The van der Waals surface area contributed by atoms with E-state index in [4.69, 9.17) is 15.9 Å². The average molecular weight is 849 g/mol. The molecule has 0 radical (unpaired) electrons. The minimum atomic E-state index is -1.84. The van der Waals surface area contributed by atoms with Gasteiger partial charge in [0.25, 0.3) is 0 Å². The largest absolute Gasteiger partial charge is 0.481 e. The Balaban J connectivity index is 1.75. The number of hydrogen-bond acceptors (Lipinski definition) is 13. The van der Waals surface area contributed by atoms with Gasteiger partial charge in [-0.3, -0.25) is 43.2 Å². The molecule has 0 fully saturated rings. The number of para-hydroxylation sites is 1. The van der Waals surface area contributed by atoms with E-state index in [9.17, 15) is 63.0 Å². The van der Waals surface area contributed by atoms with Crippen LogP contribution in [0, 0.1) is 0 Å². The minimum Gasteiger partial charge on any atom is -0.481 e. The molecule has 1 aromatic carbocycles. The van der Waals surface area contributed by atoms with Gasteiger partial charge in [-0.05, 0) is 38.3 Å². The maximum absolute atomic E-state index is 12.6. The number of benzene rings is 1. The van der Waals surface area contributed by atoms with Gasteiger partial charge in [-0.2, -0.15) is 0 Å². The molecular formula is C35H48N10O15. The Kier molecular flexibility index (Phi) is 19.5. The van der Waals surface area contributed by atoms with Crippen LogP contribution in [0.25, 0.3) is 10.9 Å². The predicted molar refractivity (Wildman–Crippen MR) is 204 cm³/mol. The molecule has 2 aromatic rings. The van der Waals surface area contributed by atoms with Crippen molar-refractivity contribution in [3.8, 4) is 0 Å². The molecule has 0 saturated heterocycles. The number of nitrogens with two attached hydrogens (primary N) is 1. The number of fused-ring (bicyclic) bond motifs is 1. The number of aromatic amines is 1. The van der Waals surface area contributed by atoms with E-state index in [0.29, 0.717) is 0 Å². The van der Waals surface area contributed by atoms with Crippen LogP contribution >= 0.6 is 0 Å². The lowest BCUT2D eigenvalue weighted by molar-refractivity contribution is -0.144. The molecule has 15 N–H and O–H groups in total. The van der Waals surface area contributed by atoms with E-state index >= 15 is 0 Å². The number of nitrogens with one attached hydrogen (secondary N) is 9. The third-order valence-electron chi connectivity index (χ3n) is 8.39. The average Bonchev–Trinajstić information content (AvgIpc) is 3.60. The number of rotatable bonds is 25. The van der Waals surface area contributed by atoms with Crippen molar-refractivity contribution < 1.29 is 73.2 Å². The molecule has 6 unspecified atom stereocenters. The Labute approximate surface area is 340 Å². The van der Waals surface area contributed by atoms with Gasteiger partial charge in [0.2, 0.25) is 47.3 Å². The summed E-state index contributed by atoms with van der Waals surface area (Å²) in [5.41, 5.74) is 7.71. The van der Waals surface area contributed by atoms with Gasteiger partial charge in [0.05, 0.1) is 38.7 Å². The van der Waals surface area contributed by atoms with Gasteiger partial charge in [-0.1, -0.05) is 18.2 Å². The third kappa shape index (κ3) is 16.8. The zero-order chi connectivity index (χ0) is 45.1. The first-order chi connectivity index (χ1) is 28.2. The number of amides is 8. The Hall–Kier alpha value is -7.15. The maximum atomic E-state index is 12.6. The van der Waals surface area contributed by atoms with E-state index in [1.807, 2.05) is 40.2 Å². The molecule has 0 aliphatic heterocycles. The fourth-order valence-corrected chi connectivity index (χ4v) is 5.13. The van der Waals surface area contributed by atoms with Crippen LogP contribution in [-0.4, -0.2) is 153 Å². The van der Waals surface area contributed by atoms with Gasteiger partial charge >= 0.3 is 17.9 Å². The topological polar surface area (TPSA) is 407 Å². The number of aliphatic hydroxyl groups excluding tert-OH is 1. The Bertz CT molecular complexity index is 1940. The standard InChI is InChI=1S/C35H48N10O15/c1-16(42-32(55)20(36)9-18-11-37-21-6-4-3-5-19(18)21)30(53)39-12-26(48)38-13-27(49)44-23(35(59)60)10-25(47)41-17(2)31(54)45-24(15-46)33(56)40-14-28(50)43-22(34(57)58)7-8-29(51)52/h3-6,11,16-17,20,22-24,37,46H,7-10,12-15,36H2,1-2H3,(H,38,48)(H,39,53)(H,40,56)(H,41,47)(H,42,55)(H,43,50)(H,44,49)(H,45,54)(H,51,52)(H,57,58)(H,59,60). The quantitative estimate of drug-likeness (QED) is 0.0443. The monoisotopic (exact) mass is 848 g/mol. The second-order valence-corrected chi connectivity index (χ2v) is 13.2. The molecule has 8 amide bonds. The zero-order valence-corrected chi connectivity index (χ0v) is 32.4. The molecule has 0 bridgehead atoms. The van der Waals surface area contributed by atoms with Gasteiger partial charge < -0.3 is 73.7 Å². The van der Waals surface area contributed by atoms with Crippen molar-refractivity contribution in [2.45, 2.75) is 75.8 Å². The summed E-state index contributed by atoms with van der Waals surface area (Å²) < 4.78 is 0. The highest BCUT2D eigenvalue weighted by Gasteiger charge is 2.28. The molecule has 2 rings (SSSR count). The van der Waals surface area contributed by atoms with Crippen molar-refractivity contribution in [2.24, 2.45) is 5.73 Å². The number of H-pyrrole nitrogens is 1. The lowest BCUT2D eigenvalue weighted by atomic mass is 10.0. The molecule has 1 aromatic heterocycles. The maximum Gasteiger partial charge on any atom is 0.326 e. The summed E-state index contributed by atoms with van der Waals surface area (Å²) in [6.45, 7) is -0.717. The Morgan fingerprint density at radius 2 is 1.20 bits per heavy atom. The van der Waals surface area contributed by atoms with Crippen molar-refractivity contribution in [2.75, 3.05) is 26.2 Å². The van der Waals surface area contributed by atoms with Crippen LogP contribution in [0.1, 0.15) is 38.7 Å². The van der Waals surface area contributed by atoms with Crippen LogP contribution in [-0.2, 0) is 59.2 Å². The van der Waals surface area contributed by atoms with E-state index in [2.05, 4.69) is 31.6 Å². The van der Waals surface area contributed by atoms with Crippen LogP contribution in [0.15, 0.2) is 30.5 Å². The van der Waals surface area contributed by atoms with E-state index in [1.54, 1.807) is 6.20 Å². The second kappa shape index (κ2) is 23.9. The smallest absolute Gasteiger partial charge is 0.326 e. The number of aliphatic carboxylic acids is 3. The number of aliphatic hydroxyl groups is 1. The summed E-state index contributed by atoms with van der Waals surface area (Å²) in [5, 5.41) is 55.0. The molecular weight excluding hydrogens is 800 g/mol. The van der Waals surface area contributed by atoms with Gasteiger partial charge in [-0.25, -0.2) is 9.59 Å².